The number of carbonyl (C=O) groups excluding carboxylic acids is 1. The summed E-state index contributed by atoms with van der Waals surface area (Å²) in [5.74, 6) is 0.514. The number of piperazine rings is 1. The minimum Gasteiger partial charge on any atom is -0.494 e. The predicted octanol–water partition coefficient (Wildman–Crippen LogP) is 4.30. The van der Waals surface area contributed by atoms with Gasteiger partial charge in [0.15, 0.2) is 17.4 Å². The zero-order valence-electron chi connectivity index (χ0n) is 22.1. The Morgan fingerprint density at radius 2 is 1.87 bits per heavy atom. The molecule has 5 heterocycles. The third-order valence-electron chi connectivity index (χ3n) is 6.92. The molecule has 11 nitrogen and oxygen atoms in total. The van der Waals surface area contributed by atoms with Gasteiger partial charge >= 0.3 is 6.09 Å². The number of hydrogen-bond donors (Lipinski definition) is 1. The van der Waals surface area contributed by atoms with E-state index in [0.717, 1.165) is 12.1 Å². The van der Waals surface area contributed by atoms with Gasteiger partial charge in [-0.3, -0.25) is 9.97 Å². The van der Waals surface area contributed by atoms with Crippen LogP contribution in [0.25, 0.3) is 16.6 Å². The van der Waals surface area contributed by atoms with Crippen LogP contribution in [0.15, 0.2) is 49.2 Å². The molecule has 39 heavy (non-hydrogen) atoms. The summed E-state index contributed by atoms with van der Waals surface area (Å²) in [6.45, 7) is 6.91. The Labute approximate surface area is 224 Å². The quantitative estimate of drug-likeness (QED) is 0.402. The van der Waals surface area contributed by atoms with Crippen molar-refractivity contribution in [2.24, 2.45) is 0 Å². The van der Waals surface area contributed by atoms with Crippen molar-refractivity contribution in [3.05, 3.63) is 55.0 Å². The maximum atomic E-state index is 14.7. The van der Waals surface area contributed by atoms with Gasteiger partial charge in [-0.2, -0.15) is 0 Å². The third kappa shape index (κ3) is 4.66. The van der Waals surface area contributed by atoms with E-state index in [1.807, 2.05) is 37.9 Å². The lowest BCUT2D eigenvalue weighted by Crippen LogP contribution is -2.50. The number of halogens is 1. The Morgan fingerprint density at radius 1 is 1.05 bits per heavy atom. The number of ether oxygens (including phenoxy) is 2. The molecular weight excluding hydrogens is 503 g/mol. The molecule has 3 aromatic heterocycles. The monoisotopic (exact) mass is 532 g/mol. The number of nitrogens with one attached hydrogen (secondary N) is 1. The molecule has 4 aromatic rings. The topological polar surface area (TPSA) is 111 Å². The number of methoxy groups -OCH3 is 1. The highest BCUT2D eigenvalue weighted by atomic mass is 19.1. The van der Waals surface area contributed by atoms with Gasteiger partial charge in [-0.15, -0.1) is 5.10 Å². The number of amides is 1. The first-order valence-electron chi connectivity index (χ1n) is 12.7. The summed E-state index contributed by atoms with van der Waals surface area (Å²) in [4.78, 5) is 29.6. The van der Waals surface area contributed by atoms with E-state index in [2.05, 4.69) is 25.2 Å². The summed E-state index contributed by atoms with van der Waals surface area (Å²) in [7, 11) is 1.43. The second-order valence-electron chi connectivity index (χ2n) is 10.7. The van der Waals surface area contributed by atoms with Crippen LogP contribution in [0.1, 0.15) is 27.2 Å². The predicted molar refractivity (Wildman–Crippen MR) is 143 cm³/mol. The van der Waals surface area contributed by atoms with Crippen LogP contribution in [-0.2, 0) is 4.74 Å². The van der Waals surface area contributed by atoms with Crippen molar-refractivity contribution in [3.63, 3.8) is 0 Å². The van der Waals surface area contributed by atoms with Crippen LogP contribution in [0.3, 0.4) is 0 Å². The van der Waals surface area contributed by atoms with Crippen molar-refractivity contribution in [3.8, 4) is 11.4 Å². The molecule has 0 spiro atoms. The molecular formula is C27H29FN8O3. The van der Waals surface area contributed by atoms with E-state index in [9.17, 15) is 9.18 Å². The SMILES string of the molecule is COc1cc2c(cc1F)c(Nc1cnccn1)nn2-c1cncc(N2C[C@@H]3C[C@H]2CN3C(=O)OC(C)(C)C)c1. The average molecular weight is 533 g/mol. The fourth-order valence-electron chi connectivity index (χ4n) is 5.26. The zero-order chi connectivity index (χ0) is 27.3. The molecule has 0 unspecified atom stereocenters. The molecule has 0 aliphatic carbocycles. The molecule has 0 radical (unpaired) electrons. The summed E-state index contributed by atoms with van der Waals surface area (Å²) in [6.07, 6.45) is 8.82. The Bertz CT molecular complexity index is 1540. The Balaban J connectivity index is 1.32. The number of anilines is 3. The lowest BCUT2D eigenvalue weighted by molar-refractivity contribution is 0.0214. The molecule has 1 N–H and O–H groups in total. The highest BCUT2D eigenvalue weighted by Crippen LogP contribution is 2.37. The van der Waals surface area contributed by atoms with Crippen LogP contribution in [0, 0.1) is 5.82 Å². The van der Waals surface area contributed by atoms with Gasteiger partial charge in [0, 0.05) is 43.0 Å². The molecule has 2 atom stereocenters. The molecule has 202 valence electrons. The minimum absolute atomic E-state index is 0.0778. The highest BCUT2D eigenvalue weighted by molar-refractivity contribution is 5.93. The molecule has 2 aliphatic heterocycles. The van der Waals surface area contributed by atoms with Crippen molar-refractivity contribution < 1.29 is 18.7 Å². The van der Waals surface area contributed by atoms with Gasteiger partial charge in [-0.25, -0.2) is 18.9 Å². The molecule has 12 heteroatoms. The zero-order valence-corrected chi connectivity index (χ0v) is 22.1. The largest absolute Gasteiger partial charge is 0.494 e. The number of rotatable bonds is 5. The van der Waals surface area contributed by atoms with Crippen molar-refractivity contribution in [2.45, 2.75) is 44.9 Å². The van der Waals surface area contributed by atoms with Gasteiger partial charge in [0.1, 0.15) is 11.4 Å². The first-order valence-corrected chi connectivity index (χ1v) is 12.7. The summed E-state index contributed by atoms with van der Waals surface area (Å²) in [5, 5.41) is 8.43. The molecule has 6 rings (SSSR count). The van der Waals surface area contributed by atoms with Gasteiger partial charge in [0.05, 0.1) is 48.6 Å². The van der Waals surface area contributed by atoms with E-state index >= 15 is 0 Å². The lowest BCUT2D eigenvalue weighted by atomic mass is 10.2. The van der Waals surface area contributed by atoms with Crippen LogP contribution >= 0.6 is 0 Å². The Hall–Kier alpha value is -4.48. The summed E-state index contributed by atoms with van der Waals surface area (Å²) in [5.41, 5.74) is 1.73. The van der Waals surface area contributed by atoms with Crippen molar-refractivity contribution in [1.29, 1.82) is 0 Å². The number of hydrogen-bond acceptors (Lipinski definition) is 9. The summed E-state index contributed by atoms with van der Waals surface area (Å²) in [6, 6.07) is 5.24. The second kappa shape index (κ2) is 9.37. The van der Waals surface area contributed by atoms with Crippen LogP contribution in [-0.4, -0.2) is 73.6 Å². The fraction of sp³-hybridized carbons (Fsp3) is 0.370. The Kier molecular flexibility index (Phi) is 5.96. The van der Waals surface area contributed by atoms with Gasteiger partial charge < -0.3 is 24.6 Å². The summed E-state index contributed by atoms with van der Waals surface area (Å²) < 4.78 is 27.3. The molecule has 0 saturated carbocycles. The van der Waals surface area contributed by atoms with E-state index in [1.165, 1.54) is 13.2 Å². The first-order chi connectivity index (χ1) is 18.7. The van der Waals surface area contributed by atoms with Gasteiger partial charge in [-0.1, -0.05) is 0 Å². The number of fused-ring (bicyclic) bond motifs is 3. The molecule has 1 amide bonds. The first kappa shape index (κ1) is 24.8. The number of likely N-dealkylation sites (tertiary alicyclic amines) is 1. The smallest absolute Gasteiger partial charge is 0.410 e. The molecule has 2 aliphatic rings. The standard InChI is InChI=1S/C27H29FN8O3/c1-27(2,3)39-26(37)35-15-18-8-19(35)14-34(18)16-7-17(12-30-11-16)36-22-10-23(38-4)21(28)9-20(22)25(33-36)32-24-13-29-5-6-31-24/h5-7,9-13,18-19H,8,14-15H2,1-4H3,(H,31,32,33)/t18-,19-/m0/s1. The second-order valence-corrected chi connectivity index (χ2v) is 10.7. The molecule has 2 fully saturated rings. The van der Waals surface area contributed by atoms with Gasteiger partial charge in [0.2, 0.25) is 0 Å². The third-order valence-corrected chi connectivity index (χ3v) is 6.92. The van der Waals surface area contributed by atoms with Crippen molar-refractivity contribution in [1.82, 2.24) is 29.6 Å². The molecule has 2 bridgehead atoms. The van der Waals surface area contributed by atoms with E-state index < -0.39 is 11.4 Å². The molecule has 2 saturated heterocycles. The number of carbonyl (C=O) groups is 1. The van der Waals surface area contributed by atoms with Crippen molar-refractivity contribution in [2.75, 3.05) is 30.4 Å². The van der Waals surface area contributed by atoms with Gasteiger partial charge in [-0.05, 0) is 39.3 Å². The fourth-order valence-corrected chi connectivity index (χ4v) is 5.26. The minimum atomic E-state index is -0.532. The average Bonchev–Trinajstić information content (AvgIpc) is 3.61. The van der Waals surface area contributed by atoms with Crippen molar-refractivity contribution >= 4 is 34.3 Å². The van der Waals surface area contributed by atoms with E-state index in [0.29, 0.717) is 41.3 Å². The molecule has 1 aromatic carbocycles. The maximum Gasteiger partial charge on any atom is 0.410 e. The van der Waals surface area contributed by atoms with Crippen LogP contribution in [0.4, 0.5) is 26.5 Å². The Morgan fingerprint density at radius 3 is 2.56 bits per heavy atom. The van der Waals surface area contributed by atoms with E-state index in [4.69, 9.17) is 14.6 Å². The number of benzene rings is 1. The van der Waals surface area contributed by atoms with Crippen LogP contribution in [0.2, 0.25) is 0 Å². The number of nitrogens with zero attached hydrogens (tertiary/aromatic N) is 7. The lowest BCUT2D eigenvalue weighted by Gasteiger charge is -2.36. The highest BCUT2D eigenvalue weighted by Gasteiger charge is 2.46. The normalized spacial score (nSPS) is 18.6. The van der Waals surface area contributed by atoms with Gasteiger partial charge in [0.25, 0.3) is 0 Å². The summed E-state index contributed by atoms with van der Waals surface area (Å²) >= 11 is 0. The van der Waals surface area contributed by atoms with Crippen LogP contribution in [0.5, 0.6) is 5.75 Å². The van der Waals surface area contributed by atoms with E-state index in [1.54, 1.807) is 35.5 Å². The maximum absolute atomic E-state index is 14.7. The number of pyridine rings is 1. The number of aromatic nitrogens is 5. The van der Waals surface area contributed by atoms with E-state index in [-0.39, 0.29) is 23.9 Å². The van der Waals surface area contributed by atoms with Crippen LogP contribution < -0.4 is 15.0 Å².